The summed E-state index contributed by atoms with van der Waals surface area (Å²) in [5.74, 6) is 4.66. The number of oxazole rings is 1. The Labute approximate surface area is 109 Å². The predicted octanol–water partition coefficient (Wildman–Crippen LogP) is 0.189. The first-order valence-electron chi connectivity index (χ1n) is 5.83. The van der Waals surface area contributed by atoms with Crippen molar-refractivity contribution in [3.63, 3.8) is 0 Å². The highest BCUT2D eigenvalue weighted by atomic mass is 16.4. The highest BCUT2D eigenvalue weighted by Crippen LogP contribution is 2.14. The monoisotopic (exact) mass is 264 g/mol. The van der Waals surface area contributed by atoms with Crippen molar-refractivity contribution in [1.29, 1.82) is 0 Å². The van der Waals surface area contributed by atoms with Crippen LogP contribution in [0.15, 0.2) is 27.4 Å². The first-order valence-corrected chi connectivity index (χ1v) is 5.83. The maximum atomic E-state index is 11.4. The van der Waals surface area contributed by atoms with Gasteiger partial charge in [0.15, 0.2) is 5.58 Å². The summed E-state index contributed by atoms with van der Waals surface area (Å²) in [6.07, 6.45) is 0.651. The molecule has 7 nitrogen and oxygen atoms in total. The molecule has 0 aliphatic rings. The summed E-state index contributed by atoms with van der Waals surface area (Å²) in [6, 6.07) is 5.21. The van der Waals surface area contributed by atoms with Crippen LogP contribution >= 0.6 is 0 Å². The lowest BCUT2D eigenvalue weighted by atomic mass is 10.1. The number of nitrogens with one attached hydrogen (secondary N) is 1. The van der Waals surface area contributed by atoms with Crippen LogP contribution < -0.4 is 17.0 Å². The van der Waals surface area contributed by atoms with E-state index >= 15 is 0 Å². The molecule has 0 radical (unpaired) electrons. The Hall–Kier alpha value is -2.28. The van der Waals surface area contributed by atoms with E-state index in [4.69, 9.17) is 10.3 Å². The highest BCUT2D eigenvalue weighted by Gasteiger charge is 2.09. The molecule has 0 bridgehead atoms. The first-order chi connectivity index (χ1) is 9.02. The fourth-order valence-corrected chi connectivity index (χ4v) is 1.84. The van der Waals surface area contributed by atoms with Gasteiger partial charge in [0.05, 0.1) is 5.52 Å². The molecule has 0 atom stereocenters. The van der Waals surface area contributed by atoms with Gasteiger partial charge in [-0.1, -0.05) is 6.07 Å². The summed E-state index contributed by atoms with van der Waals surface area (Å²) in [6.45, 7) is 0.519. The molecule has 7 heteroatoms. The van der Waals surface area contributed by atoms with Crippen LogP contribution in [-0.2, 0) is 13.5 Å². The van der Waals surface area contributed by atoms with Gasteiger partial charge in [-0.25, -0.2) is 15.4 Å². The molecule has 0 aliphatic carbocycles. The fourth-order valence-electron chi connectivity index (χ4n) is 1.84. The third-order valence-electron chi connectivity index (χ3n) is 3.06. The van der Waals surface area contributed by atoms with Crippen molar-refractivity contribution in [1.82, 2.24) is 14.9 Å². The minimum atomic E-state index is -0.383. The van der Waals surface area contributed by atoms with Crippen molar-refractivity contribution < 1.29 is 9.21 Å². The van der Waals surface area contributed by atoms with Crippen molar-refractivity contribution in [3.05, 3.63) is 34.3 Å². The van der Waals surface area contributed by atoms with Crippen LogP contribution in [0.2, 0.25) is 0 Å². The van der Waals surface area contributed by atoms with Gasteiger partial charge in [0.1, 0.15) is 0 Å². The maximum Gasteiger partial charge on any atom is 0.419 e. The second-order valence-electron chi connectivity index (χ2n) is 4.35. The van der Waals surface area contributed by atoms with E-state index < -0.39 is 0 Å². The molecule has 2 amide bonds. The van der Waals surface area contributed by atoms with E-state index in [9.17, 15) is 9.59 Å². The molecule has 102 valence electrons. The lowest BCUT2D eigenvalue weighted by molar-refractivity contribution is 0.209. The topological polar surface area (TPSA) is 93.5 Å². The van der Waals surface area contributed by atoms with Gasteiger partial charge in [-0.2, -0.15) is 0 Å². The number of fused-ring (bicyclic) bond motifs is 1. The lowest BCUT2D eigenvalue weighted by Crippen LogP contribution is -2.41. The van der Waals surface area contributed by atoms with Crippen LogP contribution in [0, 0.1) is 0 Å². The smallest absolute Gasteiger partial charge is 0.408 e. The van der Waals surface area contributed by atoms with Gasteiger partial charge in [0, 0.05) is 20.6 Å². The van der Waals surface area contributed by atoms with E-state index in [-0.39, 0.29) is 11.8 Å². The Bertz CT molecular complexity index is 659. The summed E-state index contributed by atoms with van der Waals surface area (Å²) >= 11 is 0. The Kier molecular flexibility index (Phi) is 3.57. The third kappa shape index (κ3) is 2.60. The van der Waals surface area contributed by atoms with Crippen LogP contribution in [0.5, 0.6) is 0 Å². The molecule has 1 heterocycles. The Balaban J connectivity index is 2.14. The van der Waals surface area contributed by atoms with Crippen LogP contribution in [-0.4, -0.2) is 29.1 Å². The lowest BCUT2D eigenvalue weighted by Gasteiger charge is -2.15. The van der Waals surface area contributed by atoms with Crippen molar-refractivity contribution in [3.8, 4) is 0 Å². The zero-order valence-electron chi connectivity index (χ0n) is 10.8. The SMILES string of the molecule is CN(CCc1ccc2c(c1)oc(=O)n2C)C(=O)NN. The highest BCUT2D eigenvalue weighted by molar-refractivity contribution is 5.74. The second kappa shape index (κ2) is 5.15. The quantitative estimate of drug-likeness (QED) is 0.470. The molecule has 1 aromatic heterocycles. The zero-order chi connectivity index (χ0) is 14.0. The van der Waals surface area contributed by atoms with E-state index in [0.717, 1.165) is 11.1 Å². The van der Waals surface area contributed by atoms with Gasteiger partial charge in [-0.05, 0) is 24.1 Å². The minimum Gasteiger partial charge on any atom is -0.408 e. The summed E-state index contributed by atoms with van der Waals surface area (Å²) in [4.78, 5) is 24.1. The summed E-state index contributed by atoms with van der Waals surface area (Å²) in [5, 5.41) is 0. The van der Waals surface area contributed by atoms with Crippen molar-refractivity contribution in [2.24, 2.45) is 12.9 Å². The summed E-state index contributed by atoms with van der Waals surface area (Å²) in [7, 11) is 3.32. The van der Waals surface area contributed by atoms with Gasteiger partial charge in [0.25, 0.3) is 0 Å². The second-order valence-corrected chi connectivity index (χ2v) is 4.35. The fraction of sp³-hybridized carbons (Fsp3) is 0.333. The number of aromatic nitrogens is 1. The van der Waals surface area contributed by atoms with Gasteiger partial charge in [0.2, 0.25) is 0 Å². The molecule has 1 aromatic carbocycles. The van der Waals surface area contributed by atoms with Gasteiger partial charge in [-0.15, -0.1) is 0 Å². The molecule has 0 fully saturated rings. The average Bonchev–Trinajstić information content (AvgIpc) is 2.70. The van der Waals surface area contributed by atoms with E-state index in [2.05, 4.69) is 5.43 Å². The predicted molar refractivity (Wildman–Crippen MR) is 70.5 cm³/mol. The van der Waals surface area contributed by atoms with E-state index in [0.29, 0.717) is 18.5 Å². The molecule has 19 heavy (non-hydrogen) atoms. The van der Waals surface area contributed by atoms with Crippen LogP contribution in [0.3, 0.4) is 0 Å². The number of hydrogen-bond donors (Lipinski definition) is 2. The van der Waals surface area contributed by atoms with Crippen LogP contribution in [0.1, 0.15) is 5.56 Å². The van der Waals surface area contributed by atoms with Crippen molar-refractivity contribution in [2.75, 3.05) is 13.6 Å². The molecule has 0 unspecified atom stereocenters. The zero-order valence-corrected chi connectivity index (χ0v) is 10.8. The molecule has 2 aromatic rings. The molecule has 0 spiro atoms. The van der Waals surface area contributed by atoms with E-state index in [1.807, 2.05) is 18.2 Å². The Morgan fingerprint density at radius 1 is 1.53 bits per heavy atom. The van der Waals surface area contributed by atoms with Gasteiger partial charge < -0.3 is 9.32 Å². The number of carbonyl (C=O) groups is 1. The molecule has 0 aliphatic heterocycles. The first kappa shape index (κ1) is 13.2. The number of hydrazine groups is 1. The third-order valence-corrected chi connectivity index (χ3v) is 3.06. The number of benzene rings is 1. The summed E-state index contributed by atoms with van der Waals surface area (Å²) in [5.41, 5.74) is 4.35. The van der Waals surface area contributed by atoms with Crippen molar-refractivity contribution in [2.45, 2.75) is 6.42 Å². The number of nitrogens with two attached hydrogens (primary N) is 1. The number of rotatable bonds is 3. The molecular weight excluding hydrogens is 248 g/mol. The standard InChI is InChI=1S/C12H16N4O3/c1-15(11(17)14-13)6-5-8-3-4-9-10(7-8)19-12(18)16(9)2/h3-4,7H,5-6,13H2,1-2H3,(H,14,17). The number of likely N-dealkylation sites (N-methyl/N-ethyl adjacent to an activating group) is 1. The molecule has 0 saturated carbocycles. The number of nitrogens with zero attached hydrogens (tertiary/aromatic N) is 2. The molecule has 0 saturated heterocycles. The number of hydrogen-bond acceptors (Lipinski definition) is 4. The van der Waals surface area contributed by atoms with Crippen molar-refractivity contribution >= 4 is 17.1 Å². The maximum absolute atomic E-state index is 11.4. The Morgan fingerprint density at radius 2 is 2.26 bits per heavy atom. The normalized spacial score (nSPS) is 10.7. The van der Waals surface area contributed by atoms with E-state index in [1.54, 1.807) is 14.1 Å². The number of carbonyl (C=O) groups excluding carboxylic acids is 1. The summed E-state index contributed by atoms with van der Waals surface area (Å²) < 4.78 is 6.56. The van der Waals surface area contributed by atoms with E-state index in [1.165, 1.54) is 9.47 Å². The molecule has 3 N–H and O–H groups in total. The average molecular weight is 264 g/mol. The van der Waals surface area contributed by atoms with Gasteiger partial charge >= 0.3 is 11.8 Å². The number of aryl methyl sites for hydroxylation is 1. The minimum absolute atomic E-state index is 0.340. The number of amides is 2. The largest absolute Gasteiger partial charge is 0.419 e. The van der Waals surface area contributed by atoms with Gasteiger partial charge in [-0.3, -0.25) is 9.99 Å². The Morgan fingerprint density at radius 3 is 2.95 bits per heavy atom. The molecular formula is C12H16N4O3. The van der Waals surface area contributed by atoms with Crippen LogP contribution in [0.25, 0.3) is 11.1 Å². The number of urea groups is 1. The molecule has 2 rings (SSSR count). The van der Waals surface area contributed by atoms with Crippen LogP contribution in [0.4, 0.5) is 4.79 Å².